The Hall–Kier alpha value is -2.96. The van der Waals surface area contributed by atoms with Crippen molar-refractivity contribution in [2.45, 2.75) is 11.3 Å². The van der Waals surface area contributed by atoms with Gasteiger partial charge in [-0.05, 0) is 42.0 Å². The molecular formula is C20H16N2O3S. The molecule has 0 unspecified atom stereocenters. The average molecular weight is 364 g/mol. The third kappa shape index (κ3) is 3.12. The van der Waals surface area contributed by atoms with E-state index < -0.39 is 10.0 Å². The maximum absolute atomic E-state index is 11.5. The predicted molar refractivity (Wildman–Crippen MR) is 99.6 cm³/mol. The molecule has 0 saturated carbocycles. The van der Waals surface area contributed by atoms with E-state index in [0.29, 0.717) is 12.2 Å². The van der Waals surface area contributed by atoms with Crippen LogP contribution in [0.1, 0.15) is 16.7 Å². The van der Waals surface area contributed by atoms with Crippen molar-refractivity contribution >= 4 is 21.4 Å². The van der Waals surface area contributed by atoms with E-state index in [0.717, 1.165) is 28.0 Å². The van der Waals surface area contributed by atoms with E-state index in [1.807, 2.05) is 36.4 Å². The zero-order valence-electron chi connectivity index (χ0n) is 13.8. The highest BCUT2D eigenvalue weighted by Gasteiger charge is 2.22. The molecule has 5 nitrogen and oxygen atoms in total. The molecule has 26 heavy (non-hydrogen) atoms. The highest BCUT2D eigenvalue weighted by molar-refractivity contribution is 7.89. The maximum Gasteiger partial charge on any atom is 0.238 e. The number of rotatable bonds is 3. The number of pyridine rings is 1. The molecule has 4 rings (SSSR count). The van der Waals surface area contributed by atoms with Crippen molar-refractivity contribution in [2.24, 2.45) is 5.14 Å². The first kappa shape index (κ1) is 16.5. The smallest absolute Gasteiger partial charge is 0.238 e. The van der Waals surface area contributed by atoms with Crippen LogP contribution in [0.3, 0.4) is 0 Å². The van der Waals surface area contributed by atoms with Crippen LogP contribution in [-0.4, -0.2) is 13.4 Å². The van der Waals surface area contributed by atoms with E-state index in [-0.39, 0.29) is 4.90 Å². The zero-order chi connectivity index (χ0) is 18.1. The lowest BCUT2D eigenvalue weighted by Crippen LogP contribution is -2.12. The molecule has 130 valence electrons. The first-order valence-corrected chi connectivity index (χ1v) is 9.59. The van der Waals surface area contributed by atoms with Gasteiger partial charge in [0.25, 0.3) is 0 Å². The third-order valence-electron chi connectivity index (χ3n) is 4.28. The first-order chi connectivity index (χ1) is 12.5. The van der Waals surface area contributed by atoms with Gasteiger partial charge < -0.3 is 4.74 Å². The number of para-hydroxylation sites is 1. The van der Waals surface area contributed by atoms with Crippen LogP contribution < -0.4 is 9.88 Å². The molecule has 0 radical (unpaired) electrons. The lowest BCUT2D eigenvalue weighted by molar-refractivity contribution is 0.502. The normalized spacial score (nSPS) is 13.9. The van der Waals surface area contributed by atoms with Crippen LogP contribution in [0.2, 0.25) is 0 Å². The molecule has 0 fully saturated rings. The number of benzene rings is 2. The Kier molecular flexibility index (Phi) is 4.06. The summed E-state index contributed by atoms with van der Waals surface area (Å²) >= 11 is 0. The van der Waals surface area contributed by atoms with Gasteiger partial charge in [0, 0.05) is 35.5 Å². The topological polar surface area (TPSA) is 82.3 Å². The van der Waals surface area contributed by atoms with Crippen molar-refractivity contribution in [3.05, 3.63) is 89.7 Å². The van der Waals surface area contributed by atoms with Crippen LogP contribution >= 0.6 is 0 Å². The molecule has 2 heterocycles. The lowest BCUT2D eigenvalue weighted by Gasteiger charge is -2.24. The molecule has 0 bridgehead atoms. The Morgan fingerprint density at radius 3 is 2.38 bits per heavy atom. The second kappa shape index (κ2) is 6.40. The molecule has 0 amide bonds. The molecule has 1 aliphatic rings. The van der Waals surface area contributed by atoms with E-state index in [1.54, 1.807) is 24.5 Å². The summed E-state index contributed by atoms with van der Waals surface area (Å²) in [5.74, 6) is 1.49. The van der Waals surface area contributed by atoms with Crippen molar-refractivity contribution in [1.29, 1.82) is 0 Å². The van der Waals surface area contributed by atoms with Gasteiger partial charge >= 0.3 is 0 Å². The number of nitrogens with two attached hydrogens (primary N) is 1. The van der Waals surface area contributed by atoms with Crippen LogP contribution in [-0.2, 0) is 16.4 Å². The van der Waals surface area contributed by atoms with E-state index >= 15 is 0 Å². The maximum atomic E-state index is 11.5. The molecule has 3 aromatic rings. The van der Waals surface area contributed by atoms with Gasteiger partial charge in [0.1, 0.15) is 11.5 Å². The monoisotopic (exact) mass is 364 g/mol. The Bertz CT molecular complexity index is 1090. The zero-order valence-corrected chi connectivity index (χ0v) is 14.6. The molecule has 0 spiro atoms. The summed E-state index contributed by atoms with van der Waals surface area (Å²) in [4.78, 5) is 4.28. The van der Waals surface area contributed by atoms with Crippen molar-refractivity contribution in [1.82, 2.24) is 4.98 Å². The minimum absolute atomic E-state index is 0.0704. The number of sulfonamides is 1. The van der Waals surface area contributed by atoms with Gasteiger partial charge in [-0.1, -0.05) is 24.3 Å². The average Bonchev–Trinajstić information content (AvgIpc) is 2.67. The highest BCUT2D eigenvalue weighted by atomic mass is 32.2. The number of ether oxygens (including phenoxy) is 1. The standard InChI is InChI=1S/C20H16N2O3S/c21-26(23,24)17-9-7-14(8-10-17)20-18(16-5-3-11-22-13-16)12-15-4-1-2-6-19(15)25-20/h1-11,13H,12H2,(H2,21,23,24). The van der Waals surface area contributed by atoms with Crippen LogP contribution in [0, 0.1) is 0 Å². The number of allylic oxidation sites excluding steroid dienone is 1. The number of fused-ring (bicyclic) bond motifs is 1. The fourth-order valence-electron chi connectivity index (χ4n) is 3.00. The largest absolute Gasteiger partial charge is 0.456 e. The van der Waals surface area contributed by atoms with Crippen molar-refractivity contribution in [3.8, 4) is 5.75 Å². The minimum Gasteiger partial charge on any atom is -0.456 e. The Morgan fingerprint density at radius 2 is 1.69 bits per heavy atom. The Labute approximate surface area is 151 Å². The van der Waals surface area contributed by atoms with Gasteiger partial charge in [-0.15, -0.1) is 0 Å². The highest BCUT2D eigenvalue weighted by Crippen LogP contribution is 2.38. The van der Waals surface area contributed by atoms with Gasteiger partial charge in [0.05, 0.1) is 4.90 Å². The number of hydrogen-bond donors (Lipinski definition) is 1. The Balaban J connectivity index is 1.85. The fraction of sp³-hybridized carbons (Fsp3) is 0.0500. The molecular weight excluding hydrogens is 348 g/mol. The second-order valence-electron chi connectivity index (χ2n) is 6.01. The third-order valence-corrected chi connectivity index (χ3v) is 5.21. The number of aromatic nitrogens is 1. The van der Waals surface area contributed by atoms with E-state index in [2.05, 4.69) is 4.98 Å². The molecule has 0 atom stereocenters. The van der Waals surface area contributed by atoms with Crippen LogP contribution in [0.5, 0.6) is 5.75 Å². The van der Waals surface area contributed by atoms with Crippen molar-refractivity contribution in [3.63, 3.8) is 0 Å². The summed E-state index contributed by atoms with van der Waals surface area (Å²) in [7, 11) is -3.73. The van der Waals surface area contributed by atoms with Gasteiger partial charge in [-0.2, -0.15) is 0 Å². The number of hydrogen-bond acceptors (Lipinski definition) is 4. The van der Waals surface area contributed by atoms with Gasteiger partial charge in [0.2, 0.25) is 10.0 Å². The van der Waals surface area contributed by atoms with Crippen LogP contribution in [0.4, 0.5) is 0 Å². The van der Waals surface area contributed by atoms with E-state index in [9.17, 15) is 8.42 Å². The molecule has 0 aliphatic carbocycles. The number of nitrogens with zero attached hydrogens (tertiary/aromatic N) is 1. The quantitative estimate of drug-likeness (QED) is 0.773. The van der Waals surface area contributed by atoms with E-state index in [1.165, 1.54) is 12.1 Å². The Morgan fingerprint density at radius 1 is 0.923 bits per heavy atom. The van der Waals surface area contributed by atoms with Crippen LogP contribution in [0.25, 0.3) is 11.3 Å². The lowest BCUT2D eigenvalue weighted by atomic mass is 9.93. The summed E-state index contributed by atoms with van der Waals surface area (Å²) in [6, 6.07) is 18.1. The van der Waals surface area contributed by atoms with Gasteiger partial charge in [-0.3, -0.25) is 4.98 Å². The number of primary sulfonamides is 1. The summed E-state index contributed by atoms with van der Waals surface area (Å²) in [5.41, 5.74) is 3.84. The van der Waals surface area contributed by atoms with Gasteiger partial charge in [0.15, 0.2) is 0 Å². The minimum atomic E-state index is -3.73. The SMILES string of the molecule is NS(=O)(=O)c1ccc(C2=C(c3cccnc3)Cc3ccccc3O2)cc1. The second-order valence-corrected chi connectivity index (χ2v) is 7.57. The molecule has 1 aliphatic heterocycles. The predicted octanol–water partition coefficient (Wildman–Crippen LogP) is 3.23. The van der Waals surface area contributed by atoms with Crippen LogP contribution in [0.15, 0.2) is 78.0 Å². The molecule has 2 N–H and O–H groups in total. The van der Waals surface area contributed by atoms with Gasteiger partial charge in [-0.25, -0.2) is 13.6 Å². The van der Waals surface area contributed by atoms with E-state index in [4.69, 9.17) is 9.88 Å². The van der Waals surface area contributed by atoms with Crippen molar-refractivity contribution < 1.29 is 13.2 Å². The fourth-order valence-corrected chi connectivity index (χ4v) is 3.51. The molecule has 1 aromatic heterocycles. The first-order valence-electron chi connectivity index (χ1n) is 8.05. The summed E-state index contributed by atoms with van der Waals surface area (Å²) in [5, 5.41) is 5.19. The molecule has 6 heteroatoms. The summed E-state index contributed by atoms with van der Waals surface area (Å²) in [6.07, 6.45) is 4.22. The molecule has 2 aromatic carbocycles. The van der Waals surface area contributed by atoms with Crippen molar-refractivity contribution in [2.75, 3.05) is 0 Å². The summed E-state index contributed by atoms with van der Waals surface area (Å²) in [6.45, 7) is 0. The molecule has 0 saturated heterocycles. The summed E-state index contributed by atoms with van der Waals surface area (Å²) < 4.78 is 29.2.